The van der Waals surface area contributed by atoms with E-state index in [4.69, 9.17) is 15.5 Å². The fraction of sp³-hybridized carbons (Fsp3) is 0.0417. The third-order valence-electron chi connectivity index (χ3n) is 5.24. The molecule has 0 aliphatic carbocycles. The maximum Gasteiger partial charge on any atom is 0.417 e. The van der Waals surface area contributed by atoms with Crippen molar-refractivity contribution in [1.82, 2.24) is 5.16 Å². The number of nitrogens with one attached hydrogen (secondary N) is 1. The zero-order valence-electron chi connectivity index (χ0n) is 17.9. The van der Waals surface area contributed by atoms with Crippen molar-refractivity contribution in [2.75, 3.05) is 5.32 Å². The number of alkyl halides is 3. The molecule has 4 rings (SSSR count). The monoisotopic (exact) mass is 494 g/mol. The Morgan fingerprint density at radius 3 is 2.39 bits per heavy atom. The Balaban J connectivity index is 1.82. The number of carboxylic acid groups (broad SMARTS) is 1. The number of nitrogens with zero attached hydrogens (tertiary/aromatic N) is 2. The van der Waals surface area contributed by atoms with Gasteiger partial charge in [-0.1, -0.05) is 23.4 Å². The Morgan fingerprint density at radius 1 is 1.03 bits per heavy atom. The van der Waals surface area contributed by atoms with E-state index in [1.165, 1.54) is 30.3 Å². The molecule has 36 heavy (non-hydrogen) atoms. The van der Waals surface area contributed by atoms with Crippen molar-refractivity contribution in [2.24, 2.45) is 5.73 Å². The van der Waals surface area contributed by atoms with E-state index >= 15 is 0 Å². The van der Waals surface area contributed by atoms with Gasteiger partial charge in [-0.15, -0.1) is 0 Å². The summed E-state index contributed by atoms with van der Waals surface area (Å²) >= 11 is 0. The Bertz CT molecular complexity index is 1600. The van der Waals surface area contributed by atoms with Crippen LogP contribution in [0.25, 0.3) is 22.1 Å². The zero-order valence-corrected chi connectivity index (χ0v) is 17.9. The summed E-state index contributed by atoms with van der Waals surface area (Å²) in [4.78, 5) is 36.6. The van der Waals surface area contributed by atoms with Crippen molar-refractivity contribution in [2.45, 2.75) is 6.18 Å². The number of aromatic carboxylic acids is 1. The van der Waals surface area contributed by atoms with Crippen LogP contribution in [0.3, 0.4) is 0 Å². The number of nitrogens with two attached hydrogens (primary N) is 1. The average molecular weight is 494 g/mol. The predicted octanol–water partition coefficient (Wildman–Crippen LogP) is 4.43. The largest absolute Gasteiger partial charge is 0.478 e. The average Bonchev–Trinajstić information content (AvgIpc) is 3.26. The van der Waals surface area contributed by atoms with Crippen molar-refractivity contribution in [3.8, 4) is 17.2 Å². The molecule has 0 saturated heterocycles. The lowest BCUT2D eigenvalue weighted by molar-refractivity contribution is -0.137. The van der Waals surface area contributed by atoms with Gasteiger partial charge in [-0.3, -0.25) is 9.59 Å². The number of anilines is 1. The number of carbonyl (C=O) groups excluding carboxylic acids is 2. The van der Waals surface area contributed by atoms with Crippen LogP contribution in [0.2, 0.25) is 0 Å². The third kappa shape index (κ3) is 4.32. The highest BCUT2D eigenvalue weighted by Gasteiger charge is 2.34. The maximum atomic E-state index is 13.6. The molecule has 12 heteroatoms. The normalized spacial score (nSPS) is 11.2. The van der Waals surface area contributed by atoms with Crippen LogP contribution in [-0.2, 0) is 6.18 Å². The number of fused-ring (bicyclic) bond motifs is 1. The molecule has 180 valence electrons. The highest BCUT2D eigenvalue weighted by molar-refractivity contribution is 6.14. The van der Waals surface area contributed by atoms with E-state index in [0.717, 1.165) is 24.3 Å². The van der Waals surface area contributed by atoms with E-state index in [-0.39, 0.29) is 50.2 Å². The molecule has 1 heterocycles. The SMILES string of the molecule is N#Cc1ccc(NC(=O)c2noc3cc(-c4ccccc4C(F)(F)F)c(C(N)=O)cc23)c(C(=O)O)c1. The van der Waals surface area contributed by atoms with Crippen molar-refractivity contribution in [3.63, 3.8) is 0 Å². The van der Waals surface area contributed by atoms with Crippen molar-refractivity contribution in [3.05, 3.63) is 82.5 Å². The predicted molar refractivity (Wildman–Crippen MR) is 119 cm³/mol. The minimum absolute atomic E-state index is 0.0416. The van der Waals surface area contributed by atoms with Gasteiger partial charge in [-0.05, 0) is 47.5 Å². The second-order valence-electron chi connectivity index (χ2n) is 7.46. The first-order chi connectivity index (χ1) is 17.0. The summed E-state index contributed by atoms with van der Waals surface area (Å²) in [7, 11) is 0. The number of hydrogen-bond donors (Lipinski definition) is 3. The standard InChI is InChI=1S/C24H13F3N4O5/c25-24(26,27)17-4-2-1-3-12(17)13-9-19-16(8-14(13)21(29)32)20(31-36-19)22(33)30-18-6-5-11(10-28)7-15(18)23(34)35/h1-9H,(H2,29,32)(H,30,33)(H,34,35). The molecule has 0 fully saturated rings. The first kappa shape index (κ1) is 24.0. The van der Waals surface area contributed by atoms with Gasteiger partial charge < -0.3 is 20.7 Å². The van der Waals surface area contributed by atoms with Crippen molar-refractivity contribution < 1.29 is 37.2 Å². The lowest BCUT2D eigenvalue weighted by Gasteiger charge is -2.14. The Kier molecular flexibility index (Phi) is 5.91. The summed E-state index contributed by atoms with van der Waals surface area (Å²) in [6.07, 6.45) is -4.73. The van der Waals surface area contributed by atoms with E-state index in [9.17, 15) is 32.7 Å². The highest BCUT2D eigenvalue weighted by Crippen LogP contribution is 2.39. The van der Waals surface area contributed by atoms with Gasteiger partial charge in [-0.2, -0.15) is 18.4 Å². The van der Waals surface area contributed by atoms with Crippen LogP contribution >= 0.6 is 0 Å². The van der Waals surface area contributed by atoms with Gasteiger partial charge >= 0.3 is 12.1 Å². The van der Waals surface area contributed by atoms with Crippen LogP contribution < -0.4 is 11.1 Å². The Morgan fingerprint density at radius 2 is 1.75 bits per heavy atom. The van der Waals surface area contributed by atoms with Gasteiger partial charge in [0.1, 0.15) is 0 Å². The molecule has 4 aromatic rings. The van der Waals surface area contributed by atoms with Gasteiger partial charge in [0.2, 0.25) is 5.91 Å². The van der Waals surface area contributed by atoms with Crippen LogP contribution in [-0.4, -0.2) is 28.0 Å². The summed E-state index contributed by atoms with van der Waals surface area (Å²) in [5.41, 5.74) is 2.67. The third-order valence-corrected chi connectivity index (χ3v) is 5.24. The fourth-order valence-corrected chi connectivity index (χ4v) is 3.62. The second-order valence-corrected chi connectivity index (χ2v) is 7.46. The van der Waals surface area contributed by atoms with E-state index < -0.39 is 29.5 Å². The number of aromatic nitrogens is 1. The molecule has 0 radical (unpaired) electrons. The first-order valence-corrected chi connectivity index (χ1v) is 10.00. The summed E-state index contributed by atoms with van der Waals surface area (Å²) in [5.74, 6) is -3.40. The molecule has 0 atom stereocenters. The molecule has 4 N–H and O–H groups in total. The number of nitriles is 1. The molecular formula is C24H13F3N4O5. The molecule has 0 bridgehead atoms. The number of rotatable bonds is 5. The number of primary amides is 1. The van der Waals surface area contributed by atoms with E-state index in [2.05, 4.69) is 10.5 Å². The topological polar surface area (TPSA) is 159 Å². The van der Waals surface area contributed by atoms with E-state index in [1.54, 1.807) is 6.07 Å². The van der Waals surface area contributed by atoms with Crippen molar-refractivity contribution >= 4 is 34.4 Å². The number of halogens is 3. The molecule has 9 nitrogen and oxygen atoms in total. The number of amides is 2. The van der Waals surface area contributed by atoms with Gasteiger partial charge in [0, 0.05) is 5.56 Å². The Hall–Kier alpha value is -5.18. The molecule has 1 aromatic heterocycles. The lowest BCUT2D eigenvalue weighted by Crippen LogP contribution is -2.16. The van der Waals surface area contributed by atoms with Gasteiger partial charge in [-0.25, -0.2) is 4.79 Å². The molecule has 3 aromatic carbocycles. The van der Waals surface area contributed by atoms with E-state index in [0.29, 0.717) is 0 Å². The number of carbonyl (C=O) groups is 3. The summed E-state index contributed by atoms with van der Waals surface area (Å²) in [6, 6.07) is 12.1. The van der Waals surface area contributed by atoms with Crippen LogP contribution in [0.15, 0.2) is 59.1 Å². The Labute approximate surface area is 199 Å². The fourth-order valence-electron chi connectivity index (χ4n) is 3.62. The first-order valence-electron chi connectivity index (χ1n) is 10.00. The minimum Gasteiger partial charge on any atom is -0.478 e. The van der Waals surface area contributed by atoms with E-state index in [1.807, 2.05) is 0 Å². The van der Waals surface area contributed by atoms with Gasteiger partial charge in [0.25, 0.3) is 5.91 Å². The minimum atomic E-state index is -4.73. The number of hydrogen-bond acceptors (Lipinski definition) is 6. The smallest absolute Gasteiger partial charge is 0.417 e. The van der Waals surface area contributed by atoms with Crippen LogP contribution in [0.4, 0.5) is 18.9 Å². The molecule has 0 spiro atoms. The van der Waals surface area contributed by atoms with Crippen LogP contribution in [0, 0.1) is 11.3 Å². The number of benzene rings is 3. The van der Waals surface area contributed by atoms with Crippen LogP contribution in [0.5, 0.6) is 0 Å². The van der Waals surface area contributed by atoms with Gasteiger partial charge in [0.05, 0.1) is 33.8 Å². The molecular weight excluding hydrogens is 481 g/mol. The number of carboxylic acids is 1. The van der Waals surface area contributed by atoms with Crippen LogP contribution in [0.1, 0.15) is 42.3 Å². The summed E-state index contributed by atoms with van der Waals surface area (Å²) in [5, 5.41) is 24.3. The quantitative estimate of drug-likeness (QED) is 0.370. The maximum absolute atomic E-state index is 13.6. The van der Waals surface area contributed by atoms with Crippen molar-refractivity contribution in [1.29, 1.82) is 5.26 Å². The molecule has 0 aliphatic rings. The molecule has 0 saturated carbocycles. The second kappa shape index (κ2) is 8.88. The molecule has 0 unspecified atom stereocenters. The molecule has 0 aliphatic heterocycles. The summed E-state index contributed by atoms with van der Waals surface area (Å²) in [6.45, 7) is 0. The lowest BCUT2D eigenvalue weighted by atomic mass is 9.93. The van der Waals surface area contributed by atoms with Gasteiger partial charge in [0.15, 0.2) is 11.3 Å². The summed E-state index contributed by atoms with van der Waals surface area (Å²) < 4.78 is 45.9. The molecule has 2 amide bonds. The highest BCUT2D eigenvalue weighted by atomic mass is 19.4. The zero-order chi connectivity index (χ0) is 26.2.